The number of ether oxygens (including phenoxy) is 1. The number of hydrogen-bond donors (Lipinski definition) is 2. The van der Waals surface area contributed by atoms with Crippen LogP contribution >= 0.6 is 27.3 Å². The van der Waals surface area contributed by atoms with Gasteiger partial charge in [0.25, 0.3) is 0 Å². The van der Waals surface area contributed by atoms with Crippen molar-refractivity contribution in [3.8, 4) is 0 Å². The third kappa shape index (κ3) is 4.08. The van der Waals surface area contributed by atoms with Gasteiger partial charge >= 0.3 is 6.09 Å². The van der Waals surface area contributed by atoms with Gasteiger partial charge in [0.15, 0.2) is 0 Å². The Balaban J connectivity index is 2.23. The molecule has 1 aromatic heterocycles. The molecule has 4 nitrogen and oxygen atoms in total. The number of rotatable bonds is 4. The first-order valence-corrected chi connectivity index (χ1v) is 5.64. The summed E-state index contributed by atoms with van der Waals surface area (Å²) in [6.45, 7) is 0.318. The molecule has 0 aliphatic carbocycles. The molecule has 0 saturated heterocycles. The number of carbonyl (C=O) groups excluding carboxylic acids is 1. The first-order chi connectivity index (χ1) is 6.72. The third-order valence-electron chi connectivity index (χ3n) is 1.35. The number of nitrogens with one attached hydrogen (secondary N) is 1. The predicted molar refractivity (Wildman–Crippen MR) is 57.3 cm³/mol. The second-order valence-corrected chi connectivity index (χ2v) is 4.36. The van der Waals surface area contributed by atoms with Gasteiger partial charge in [-0.05, 0) is 22.0 Å². The molecule has 0 radical (unpaired) electrons. The summed E-state index contributed by atoms with van der Waals surface area (Å²) in [6, 6.07) is 1.93. The molecule has 0 aliphatic heterocycles. The zero-order valence-corrected chi connectivity index (χ0v) is 9.73. The zero-order chi connectivity index (χ0) is 10.4. The van der Waals surface area contributed by atoms with Crippen molar-refractivity contribution in [1.29, 1.82) is 0 Å². The van der Waals surface area contributed by atoms with E-state index in [0.717, 1.165) is 9.35 Å². The Hall–Kier alpha value is -0.590. The molecule has 1 aromatic rings. The van der Waals surface area contributed by atoms with Gasteiger partial charge in [0.2, 0.25) is 0 Å². The number of hydrogen-bond acceptors (Lipinski definition) is 4. The average Bonchev–Trinajstić information content (AvgIpc) is 2.58. The van der Waals surface area contributed by atoms with Crippen molar-refractivity contribution < 1.29 is 14.6 Å². The highest BCUT2D eigenvalue weighted by Gasteiger charge is 2.02. The van der Waals surface area contributed by atoms with Crippen LogP contribution in [-0.2, 0) is 11.3 Å². The number of aliphatic hydroxyl groups excluding tert-OH is 1. The maximum atomic E-state index is 10.9. The molecular formula is C8H10BrNO3S. The van der Waals surface area contributed by atoms with Crippen LogP contribution in [0, 0.1) is 0 Å². The quantitative estimate of drug-likeness (QED) is 0.883. The van der Waals surface area contributed by atoms with Crippen LogP contribution in [0.3, 0.4) is 0 Å². The van der Waals surface area contributed by atoms with Crippen LogP contribution in [-0.4, -0.2) is 24.4 Å². The van der Waals surface area contributed by atoms with Gasteiger partial charge in [-0.15, -0.1) is 11.3 Å². The maximum absolute atomic E-state index is 10.9. The molecule has 1 heterocycles. The van der Waals surface area contributed by atoms with Gasteiger partial charge in [0.05, 0.1) is 13.2 Å². The van der Waals surface area contributed by atoms with Crippen molar-refractivity contribution in [2.45, 2.75) is 6.54 Å². The van der Waals surface area contributed by atoms with E-state index in [4.69, 9.17) is 5.11 Å². The third-order valence-corrected chi connectivity index (χ3v) is 3.05. The Morgan fingerprint density at radius 3 is 3.07 bits per heavy atom. The van der Waals surface area contributed by atoms with Crippen molar-refractivity contribution in [2.75, 3.05) is 13.2 Å². The summed E-state index contributed by atoms with van der Waals surface area (Å²) in [4.78, 5) is 12.0. The molecule has 0 aromatic carbocycles. The predicted octanol–water partition coefficient (Wildman–Crippen LogP) is 1.73. The fourth-order valence-electron chi connectivity index (χ4n) is 0.795. The molecule has 0 spiro atoms. The van der Waals surface area contributed by atoms with E-state index >= 15 is 0 Å². The van der Waals surface area contributed by atoms with Crippen LogP contribution in [0.15, 0.2) is 15.9 Å². The topological polar surface area (TPSA) is 58.6 Å². The molecule has 0 saturated carbocycles. The van der Waals surface area contributed by atoms with Gasteiger partial charge in [0.1, 0.15) is 6.61 Å². The monoisotopic (exact) mass is 279 g/mol. The van der Waals surface area contributed by atoms with Crippen molar-refractivity contribution in [3.63, 3.8) is 0 Å². The summed E-state index contributed by atoms with van der Waals surface area (Å²) in [6.07, 6.45) is -0.511. The fourth-order valence-corrected chi connectivity index (χ4v) is 2.19. The largest absolute Gasteiger partial charge is 0.447 e. The molecule has 0 unspecified atom stereocenters. The number of thiophene rings is 1. The smallest absolute Gasteiger partial charge is 0.407 e. The van der Waals surface area contributed by atoms with Gasteiger partial charge in [-0.25, -0.2) is 4.79 Å². The SMILES string of the molecule is O=C(NCc1cc(Br)cs1)OCCO. The number of alkyl carbamates (subject to hydrolysis) is 1. The zero-order valence-electron chi connectivity index (χ0n) is 7.33. The van der Waals surface area contributed by atoms with E-state index < -0.39 is 6.09 Å². The van der Waals surface area contributed by atoms with E-state index in [-0.39, 0.29) is 13.2 Å². The van der Waals surface area contributed by atoms with Gasteiger partial charge < -0.3 is 15.2 Å². The number of amides is 1. The summed E-state index contributed by atoms with van der Waals surface area (Å²) in [5.41, 5.74) is 0. The summed E-state index contributed by atoms with van der Waals surface area (Å²) in [5, 5.41) is 12.9. The van der Waals surface area contributed by atoms with Crippen LogP contribution in [0.4, 0.5) is 4.79 Å². The molecule has 0 aliphatic rings. The standard InChI is InChI=1S/C8H10BrNO3S/c9-6-3-7(14-5-6)4-10-8(12)13-2-1-11/h3,5,11H,1-2,4H2,(H,10,12). The van der Waals surface area contributed by atoms with Gasteiger partial charge in [-0.2, -0.15) is 0 Å². The van der Waals surface area contributed by atoms with Crippen LogP contribution < -0.4 is 5.32 Å². The second kappa shape index (κ2) is 6.00. The Kier molecular flexibility index (Phi) is 4.92. The molecule has 2 N–H and O–H groups in total. The van der Waals surface area contributed by atoms with Gasteiger partial charge in [-0.1, -0.05) is 0 Å². The van der Waals surface area contributed by atoms with E-state index in [1.165, 1.54) is 0 Å². The molecule has 0 bridgehead atoms. The van der Waals surface area contributed by atoms with Crippen LogP contribution in [0.5, 0.6) is 0 Å². The van der Waals surface area contributed by atoms with E-state index in [1.807, 2.05) is 11.4 Å². The summed E-state index contributed by atoms with van der Waals surface area (Å²) < 4.78 is 5.62. The number of aliphatic hydroxyl groups is 1. The molecule has 14 heavy (non-hydrogen) atoms. The minimum atomic E-state index is -0.511. The summed E-state index contributed by atoms with van der Waals surface area (Å²) >= 11 is 4.86. The average molecular weight is 280 g/mol. The Morgan fingerprint density at radius 1 is 1.71 bits per heavy atom. The van der Waals surface area contributed by atoms with E-state index in [0.29, 0.717) is 6.54 Å². The molecule has 6 heteroatoms. The van der Waals surface area contributed by atoms with Crippen molar-refractivity contribution >= 4 is 33.4 Å². The normalized spacial score (nSPS) is 9.86. The molecule has 0 fully saturated rings. The first-order valence-electron chi connectivity index (χ1n) is 3.97. The molecule has 1 amide bonds. The summed E-state index contributed by atoms with van der Waals surface area (Å²) in [7, 11) is 0. The molecular weight excluding hydrogens is 270 g/mol. The summed E-state index contributed by atoms with van der Waals surface area (Å²) in [5.74, 6) is 0. The van der Waals surface area contributed by atoms with E-state index in [2.05, 4.69) is 26.0 Å². The highest BCUT2D eigenvalue weighted by atomic mass is 79.9. The second-order valence-electron chi connectivity index (χ2n) is 2.44. The maximum Gasteiger partial charge on any atom is 0.407 e. The minimum Gasteiger partial charge on any atom is -0.447 e. The van der Waals surface area contributed by atoms with E-state index in [1.54, 1.807) is 11.3 Å². The van der Waals surface area contributed by atoms with Crippen LogP contribution in [0.1, 0.15) is 4.88 Å². The minimum absolute atomic E-state index is 0.0277. The van der Waals surface area contributed by atoms with Crippen LogP contribution in [0.2, 0.25) is 0 Å². The Morgan fingerprint density at radius 2 is 2.50 bits per heavy atom. The fraction of sp³-hybridized carbons (Fsp3) is 0.375. The molecule has 78 valence electrons. The first kappa shape index (κ1) is 11.5. The lowest BCUT2D eigenvalue weighted by Crippen LogP contribution is -2.24. The Labute approximate surface area is 94.0 Å². The molecule has 0 atom stereocenters. The van der Waals surface area contributed by atoms with Gasteiger partial charge in [-0.3, -0.25) is 0 Å². The van der Waals surface area contributed by atoms with Crippen molar-refractivity contribution in [1.82, 2.24) is 5.32 Å². The van der Waals surface area contributed by atoms with E-state index in [9.17, 15) is 4.79 Å². The molecule has 1 rings (SSSR count). The highest BCUT2D eigenvalue weighted by Crippen LogP contribution is 2.19. The van der Waals surface area contributed by atoms with Gasteiger partial charge in [0, 0.05) is 14.7 Å². The number of halogens is 1. The van der Waals surface area contributed by atoms with Crippen molar-refractivity contribution in [3.05, 3.63) is 20.8 Å². The lowest BCUT2D eigenvalue weighted by atomic mass is 10.5. The number of carbonyl (C=O) groups is 1. The Bertz CT molecular complexity index is 303. The lowest BCUT2D eigenvalue weighted by Gasteiger charge is -2.03. The van der Waals surface area contributed by atoms with Crippen molar-refractivity contribution in [2.24, 2.45) is 0 Å². The lowest BCUT2D eigenvalue weighted by molar-refractivity contribution is 0.119. The van der Waals surface area contributed by atoms with Crippen LogP contribution in [0.25, 0.3) is 0 Å². The highest BCUT2D eigenvalue weighted by molar-refractivity contribution is 9.10.